The van der Waals surface area contributed by atoms with Crippen molar-refractivity contribution in [2.24, 2.45) is 0 Å². The van der Waals surface area contributed by atoms with Crippen LogP contribution in [0.1, 0.15) is 35.0 Å². The van der Waals surface area contributed by atoms with E-state index in [2.05, 4.69) is 10.1 Å². The maximum Gasteiger partial charge on any atom is 0.254 e. The van der Waals surface area contributed by atoms with Gasteiger partial charge in [0.05, 0.1) is 19.8 Å². The Morgan fingerprint density at radius 2 is 2.17 bits per heavy atom. The van der Waals surface area contributed by atoms with Gasteiger partial charge in [-0.15, -0.1) is 0 Å². The van der Waals surface area contributed by atoms with Crippen LogP contribution in [0.2, 0.25) is 0 Å². The summed E-state index contributed by atoms with van der Waals surface area (Å²) in [6.07, 6.45) is 0. The fourth-order valence-corrected chi connectivity index (χ4v) is 2.54. The zero-order valence-electron chi connectivity index (χ0n) is 13.2. The zero-order valence-corrected chi connectivity index (χ0v) is 13.2. The minimum absolute atomic E-state index is 0.0798. The molecular formula is C16H19N3O4. The first-order valence-corrected chi connectivity index (χ1v) is 7.61. The summed E-state index contributed by atoms with van der Waals surface area (Å²) in [5, 5.41) is 3.92. The highest BCUT2D eigenvalue weighted by atomic mass is 16.5. The number of aromatic nitrogens is 2. The molecule has 7 nitrogen and oxygen atoms in total. The molecule has 3 rings (SSSR count). The van der Waals surface area contributed by atoms with Crippen molar-refractivity contribution in [3.8, 4) is 5.75 Å². The molecule has 1 atom stereocenters. The van der Waals surface area contributed by atoms with Gasteiger partial charge < -0.3 is 18.9 Å². The Hall–Kier alpha value is -2.41. The standard InChI is InChI=1S/C16H19N3O4/c1-3-22-13-6-4-12(5-7-13)16(20)19-8-9-21-10-14(19)15-17-11(2)23-18-15/h4-7,14H,3,8-10H2,1-2H3/t14-/m0/s1. The van der Waals surface area contributed by atoms with Gasteiger partial charge in [-0.2, -0.15) is 4.98 Å². The summed E-state index contributed by atoms with van der Waals surface area (Å²) in [6.45, 7) is 5.58. The van der Waals surface area contributed by atoms with Gasteiger partial charge in [0.15, 0.2) is 5.82 Å². The van der Waals surface area contributed by atoms with Crippen molar-refractivity contribution < 1.29 is 18.8 Å². The van der Waals surface area contributed by atoms with Crippen LogP contribution in [0.5, 0.6) is 5.75 Å². The topological polar surface area (TPSA) is 77.7 Å². The van der Waals surface area contributed by atoms with Gasteiger partial charge in [-0.3, -0.25) is 4.79 Å². The second-order valence-electron chi connectivity index (χ2n) is 5.22. The van der Waals surface area contributed by atoms with Crippen LogP contribution in [0.4, 0.5) is 0 Å². The third kappa shape index (κ3) is 3.34. The zero-order chi connectivity index (χ0) is 16.2. The molecule has 23 heavy (non-hydrogen) atoms. The molecular weight excluding hydrogens is 298 g/mol. The number of morpholine rings is 1. The molecule has 2 aromatic rings. The summed E-state index contributed by atoms with van der Waals surface area (Å²) in [5.74, 6) is 1.61. The minimum atomic E-state index is -0.333. The Bertz CT molecular complexity index is 668. The normalized spacial score (nSPS) is 18.0. The number of aryl methyl sites for hydroxylation is 1. The molecule has 1 aliphatic rings. The molecule has 1 aromatic carbocycles. The van der Waals surface area contributed by atoms with Crippen molar-refractivity contribution in [2.75, 3.05) is 26.4 Å². The molecule has 2 heterocycles. The Kier molecular flexibility index (Phi) is 4.57. The molecule has 1 saturated heterocycles. The number of carbonyl (C=O) groups excluding carboxylic acids is 1. The van der Waals surface area contributed by atoms with Gasteiger partial charge in [0, 0.05) is 19.0 Å². The Morgan fingerprint density at radius 1 is 1.39 bits per heavy atom. The number of nitrogens with zero attached hydrogens (tertiary/aromatic N) is 3. The van der Waals surface area contributed by atoms with Crippen molar-refractivity contribution in [2.45, 2.75) is 19.9 Å². The average molecular weight is 317 g/mol. The molecule has 0 aliphatic carbocycles. The summed E-state index contributed by atoms with van der Waals surface area (Å²) in [5.41, 5.74) is 0.598. The van der Waals surface area contributed by atoms with E-state index in [1.165, 1.54) is 0 Å². The van der Waals surface area contributed by atoms with Gasteiger partial charge in [-0.25, -0.2) is 0 Å². The Morgan fingerprint density at radius 3 is 2.83 bits per heavy atom. The fourth-order valence-electron chi connectivity index (χ4n) is 2.54. The molecule has 0 radical (unpaired) electrons. The minimum Gasteiger partial charge on any atom is -0.494 e. The van der Waals surface area contributed by atoms with Gasteiger partial charge in [0.2, 0.25) is 5.89 Å². The Balaban J connectivity index is 1.80. The molecule has 1 aromatic heterocycles. The number of carbonyl (C=O) groups is 1. The number of benzene rings is 1. The number of hydrogen-bond acceptors (Lipinski definition) is 6. The summed E-state index contributed by atoms with van der Waals surface area (Å²) in [6, 6.07) is 6.79. The van der Waals surface area contributed by atoms with E-state index in [0.717, 1.165) is 5.75 Å². The Labute approximate surface area is 134 Å². The van der Waals surface area contributed by atoms with E-state index in [0.29, 0.717) is 43.6 Å². The molecule has 1 aliphatic heterocycles. The van der Waals surface area contributed by atoms with Crippen LogP contribution in [0.25, 0.3) is 0 Å². The van der Waals surface area contributed by atoms with E-state index in [1.807, 2.05) is 6.92 Å². The molecule has 0 bridgehead atoms. The number of amides is 1. The predicted octanol–water partition coefficient (Wildman–Crippen LogP) is 1.99. The fraction of sp³-hybridized carbons (Fsp3) is 0.438. The molecule has 1 fully saturated rings. The predicted molar refractivity (Wildman–Crippen MR) is 81.2 cm³/mol. The summed E-state index contributed by atoms with van der Waals surface area (Å²) >= 11 is 0. The highest BCUT2D eigenvalue weighted by Gasteiger charge is 2.32. The van der Waals surface area contributed by atoms with E-state index in [1.54, 1.807) is 36.1 Å². The van der Waals surface area contributed by atoms with Gasteiger partial charge in [0.1, 0.15) is 11.8 Å². The SMILES string of the molecule is CCOc1ccc(C(=O)N2CCOC[C@H]2c2noc(C)n2)cc1. The smallest absolute Gasteiger partial charge is 0.254 e. The van der Waals surface area contributed by atoms with Crippen molar-refractivity contribution in [3.63, 3.8) is 0 Å². The van der Waals surface area contributed by atoms with Gasteiger partial charge in [-0.1, -0.05) is 5.16 Å². The summed E-state index contributed by atoms with van der Waals surface area (Å²) in [4.78, 5) is 18.8. The van der Waals surface area contributed by atoms with E-state index in [4.69, 9.17) is 14.0 Å². The van der Waals surface area contributed by atoms with Crippen LogP contribution in [-0.2, 0) is 4.74 Å². The van der Waals surface area contributed by atoms with Crippen LogP contribution >= 0.6 is 0 Å². The number of ether oxygens (including phenoxy) is 2. The molecule has 1 amide bonds. The summed E-state index contributed by atoms with van der Waals surface area (Å²) < 4.78 is 15.9. The molecule has 0 spiro atoms. The second kappa shape index (κ2) is 6.78. The van der Waals surface area contributed by atoms with Crippen molar-refractivity contribution in [3.05, 3.63) is 41.5 Å². The van der Waals surface area contributed by atoms with Gasteiger partial charge >= 0.3 is 0 Å². The monoisotopic (exact) mass is 317 g/mol. The van der Waals surface area contributed by atoms with Gasteiger partial charge in [-0.05, 0) is 31.2 Å². The second-order valence-corrected chi connectivity index (χ2v) is 5.22. The molecule has 122 valence electrons. The lowest BCUT2D eigenvalue weighted by Crippen LogP contribution is -2.43. The maximum atomic E-state index is 12.8. The lowest BCUT2D eigenvalue weighted by molar-refractivity contribution is -0.00577. The van der Waals surface area contributed by atoms with Crippen molar-refractivity contribution >= 4 is 5.91 Å². The first kappa shape index (κ1) is 15.5. The molecule has 7 heteroatoms. The molecule has 0 saturated carbocycles. The lowest BCUT2D eigenvalue weighted by atomic mass is 10.1. The summed E-state index contributed by atoms with van der Waals surface area (Å²) in [7, 11) is 0. The van der Waals surface area contributed by atoms with Crippen LogP contribution in [0, 0.1) is 6.92 Å². The van der Waals surface area contributed by atoms with Crippen LogP contribution in [0.3, 0.4) is 0 Å². The van der Waals surface area contributed by atoms with Crippen LogP contribution in [0.15, 0.2) is 28.8 Å². The van der Waals surface area contributed by atoms with Crippen LogP contribution in [-0.4, -0.2) is 47.3 Å². The number of rotatable bonds is 4. The highest BCUT2D eigenvalue weighted by molar-refractivity contribution is 5.94. The molecule has 0 unspecified atom stereocenters. The first-order chi connectivity index (χ1) is 11.2. The maximum absolute atomic E-state index is 12.8. The lowest BCUT2D eigenvalue weighted by Gasteiger charge is -2.33. The third-order valence-corrected chi connectivity index (χ3v) is 3.64. The van der Waals surface area contributed by atoms with Crippen LogP contribution < -0.4 is 4.74 Å². The first-order valence-electron chi connectivity index (χ1n) is 7.61. The van der Waals surface area contributed by atoms with E-state index < -0.39 is 0 Å². The van der Waals surface area contributed by atoms with E-state index in [9.17, 15) is 4.79 Å². The van der Waals surface area contributed by atoms with Gasteiger partial charge in [0.25, 0.3) is 5.91 Å². The molecule has 0 N–H and O–H groups in total. The quantitative estimate of drug-likeness (QED) is 0.858. The highest BCUT2D eigenvalue weighted by Crippen LogP contribution is 2.24. The average Bonchev–Trinajstić information content (AvgIpc) is 3.02. The van der Waals surface area contributed by atoms with Crippen molar-refractivity contribution in [1.29, 1.82) is 0 Å². The number of hydrogen-bond donors (Lipinski definition) is 0. The largest absolute Gasteiger partial charge is 0.494 e. The van der Waals surface area contributed by atoms with E-state index >= 15 is 0 Å². The van der Waals surface area contributed by atoms with E-state index in [-0.39, 0.29) is 11.9 Å². The third-order valence-electron chi connectivity index (χ3n) is 3.64. The van der Waals surface area contributed by atoms with Crippen molar-refractivity contribution in [1.82, 2.24) is 15.0 Å².